The van der Waals surface area contributed by atoms with Crippen LogP contribution in [0.3, 0.4) is 0 Å². The summed E-state index contributed by atoms with van der Waals surface area (Å²) < 4.78 is 0. The van der Waals surface area contributed by atoms with Crippen molar-refractivity contribution in [2.24, 2.45) is 28.9 Å². The molecule has 0 saturated carbocycles. The summed E-state index contributed by atoms with van der Waals surface area (Å²) in [6.45, 7) is 5.01. The van der Waals surface area contributed by atoms with Gasteiger partial charge in [-0.3, -0.25) is 43.2 Å². The molecule has 84 heavy (non-hydrogen) atoms. The van der Waals surface area contributed by atoms with Crippen molar-refractivity contribution < 1.29 is 58.5 Å². The number of carbonyl (C=O) groups is 9. The van der Waals surface area contributed by atoms with Crippen LogP contribution in [0.2, 0.25) is 5.02 Å². The fraction of sp³-hybridized carbons (Fsp3) is 0.421. The highest BCUT2D eigenvalue weighted by Gasteiger charge is 2.37. The Balaban J connectivity index is 1.58. The highest BCUT2D eigenvalue weighted by Crippen LogP contribution is 2.25. The molecule has 19 N–H and O–H groups in total. The Morgan fingerprint density at radius 3 is 1.68 bits per heavy atom. The Hall–Kier alpha value is -7.46. The van der Waals surface area contributed by atoms with Crippen LogP contribution in [0.4, 0.5) is 5.69 Å². The average molecular weight is 1220 g/mol. The van der Waals surface area contributed by atoms with E-state index in [1.807, 2.05) is 0 Å². The first kappa shape index (κ1) is 67.3. The molecule has 1 fully saturated rings. The van der Waals surface area contributed by atoms with E-state index in [9.17, 15) is 58.5 Å². The van der Waals surface area contributed by atoms with E-state index in [4.69, 9.17) is 34.5 Å². The van der Waals surface area contributed by atoms with Gasteiger partial charge in [0.2, 0.25) is 53.2 Å². The summed E-state index contributed by atoms with van der Waals surface area (Å²) in [6, 6.07) is 11.9. The largest absolute Gasteiger partial charge is 0.508 e. The molecule has 24 nitrogen and oxygen atoms in total. The molecule has 0 bridgehead atoms. The number of anilines is 1. The first-order valence-corrected chi connectivity index (χ1v) is 30.0. The first-order valence-electron chi connectivity index (χ1n) is 27.2. The van der Waals surface area contributed by atoms with Crippen molar-refractivity contribution in [3.63, 3.8) is 0 Å². The molecule has 1 aliphatic rings. The van der Waals surface area contributed by atoms with Gasteiger partial charge in [-0.25, -0.2) is 0 Å². The molecule has 9 amide bonds. The van der Waals surface area contributed by atoms with Gasteiger partial charge in [0.15, 0.2) is 0 Å². The van der Waals surface area contributed by atoms with Gasteiger partial charge in [0.25, 0.3) is 0 Å². The summed E-state index contributed by atoms with van der Waals surface area (Å²) in [4.78, 5) is 127. The maximum atomic E-state index is 14.9. The lowest BCUT2D eigenvalue weighted by Gasteiger charge is -2.29. The fourth-order valence-corrected chi connectivity index (χ4v) is 10.9. The standard InChI is InChI=1S/C57H75ClN12O12S2/c1-30(2)47(61)56(81)63-37-17-9-33(10-18-37)26-43-52(77)64-41(6-4-5-23-59)51(76)70-48(31(3)71)57(82)69-46(54(79)65-42(49(62)74)25-34-11-19-38(72)20-12-34)29-84-83-28-45(68-50(75)40(60)24-32-7-15-36(58)16-8-32)55(80)67-44(53(78)66-43)27-35-13-21-39(73)22-14-35/h7-22,30-31,40-48,71-73H,4-6,23-29,59-61H2,1-3H3,(H2,62,74)(H,63,81)(H,64,77)(H,65,79)(H,66,78)(H,67,80)(H,68,75)(H,69,82)(H,70,76)/t31-,40+,41+,42-,43-,44+,45-,46+,47+,48+/m1/s1. The molecule has 0 unspecified atom stereocenters. The maximum Gasteiger partial charge on any atom is 0.245 e. The topological polar surface area (TPSA) is 415 Å². The molecule has 1 saturated heterocycles. The number of aromatic hydroxyl groups is 2. The summed E-state index contributed by atoms with van der Waals surface area (Å²) in [7, 11) is 1.91. The number of carbonyl (C=O) groups excluding carboxylic acids is 9. The molecule has 5 rings (SSSR count). The van der Waals surface area contributed by atoms with Gasteiger partial charge in [-0.2, -0.15) is 0 Å². The number of aliphatic hydroxyl groups excluding tert-OH is 1. The Kier molecular flexibility index (Phi) is 26.6. The van der Waals surface area contributed by atoms with Crippen molar-refractivity contribution in [3.8, 4) is 11.5 Å². The minimum Gasteiger partial charge on any atom is -0.508 e. The zero-order chi connectivity index (χ0) is 61.6. The molecule has 0 aromatic heterocycles. The number of benzene rings is 4. The Morgan fingerprint density at radius 2 is 1.13 bits per heavy atom. The number of aliphatic hydroxyl groups is 1. The summed E-state index contributed by atoms with van der Waals surface area (Å²) in [5, 5.41) is 52.7. The Morgan fingerprint density at radius 1 is 0.631 bits per heavy atom. The number of nitrogens with two attached hydrogens (primary N) is 4. The van der Waals surface area contributed by atoms with Gasteiger partial charge in [0.05, 0.1) is 18.2 Å². The highest BCUT2D eigenvalue weighted by atomic mass is 35.5. The highest BCUT2D eigenvalue weighted by molar-refractivity contribution is 8.76. The zero-order valence-corrected chi connectivity index (χ0v) is 49.1. The molecule has 0 spiro atoms. The Bertz CT molecular complexity index is 2890. The second kappa shape index (κ2) is 33.1. The number of phenols is 2. The van der Waals surface area contributed by atoms with E-state index < -0.39 is 114 Å². The van der Waals surface area contributed by atoms with Crippen LogP contribution in [0, 0.1) is 5.92 Å². The monoisotopic (exact) mass is 1220 g/mol. The number of primary amides is 1. The number of phenolic OH excluding ortho intramolecular Hbond substituents is 2. The van der Waals surface area contributed by atoms with E-state index in [1.165, 1.54) is 55.5 Å². The minimum absolute atomic E-state index is 0.0234. The molecule has 27 heteroatoms. The van der Waals surface area contributed by atoms with Gasteiger partial charge in [-0.1, -0.05) is 95.6 Å². The predicted molar refractivity (Wildman–Crippen MR) is 321 cm³/mol. The van der Waals surface area contributed by atoms with Crippen LogP contribution in [0.5, 0.6) is 11.5 Å². The zero-order valence-electron chi connectivity index (χ0n) is 46.7. The summed E-state index contributed by atoms with van der Waals surface area (Å²) in [5.41, 5.74) is 26.5. The second-order valence-corrected chi connectivity index (χ2v) is 23.7. The lowest BCUT2D eigenvalue weighted by molar-refractivity contribution is -0.136. The molecule has 0 radical (unpaired) electrons. The summed E-state index contributed by atoms with van der Waals surface area (Å²) >= 11 is 6.09. The predicted octanol–water partition coefficient (Wildman–Crippen LogP) is 0.0546. The van der Waals surface area contributed by atoms with Gasteiger partial charge in [0.1, 0.15) is 53.8 Å². The minimum atomic E-state index is -1.76. The molecular weight excluding hydrogens is 1140 g/mol. The Labute approximate surface area is 499 Å². The number of rotatable bonds is 21. The number of nitrogens with one attached hydrogen (secondary N) is 8. The van der Waals surface area contributed by atoms with E-state index in [-0.39, 0.29) is 74.0 Å². The second-order valence-electron chi connectivity index (χ2n) is 20.7. The van der Waals surface area contributed by atoms with Gasteiger partial charge in [-0.15, -0.1) is 0 Å². The van der Waals surface area contributed by atoms with Crippen LogP contribution in [0.25, 0.3) is 0 Å². The number of halogens is 1. The van der Waals surface area contributed by atoms with E-state index >= 15 is 0 Å². The van der Waals surface area contributed by atoms with Crippen LogP contribution in [0.15, 0.2) is 97.1 Å². The molecule has 1 heterocycles. The number of unbranched alkanes of at least 4 members (excludes halogenated alkanes) is 1. The molecule has 0 aliphatic carbocycles. The fourth-order valence-electron chi connectivity index (χ4n) is 8.48. The van der Waals surface area contributed by atoms with Crippen molar-refractivity contribution in [2.45, 2.75) is 126 Å². The number of hydrogen-bond acceptors (Lipinski definition) is 17. The molecule has 1 aliphatic heterocycles. The van der Waals surface area contributed by atoms with E-state index in [2.05, 4.69) is 42.5 Å². The molecular formula is C57H75ClN12O12S2. The van der Waals surface area contributed by atoms with Crippen molar-refractivity contribution >= 4 is 92.0 Å². The van der Waals surface area contributed by atoms with E-state index in [0.29, 0.717) is 39.4 Å². The van der Waals surface area contributed by atoms with Gasteiger partial charge in [0, 0.05) is 41.5 Å². The van der Waals surface area contributed by atoms with Crippen molar-refractivity contribution in [1.82, 2.24) is 37.2 Å². The molecule has 4 aromatic rings. The van der Waals surface area contributed by atoms with Crippen molar-refractivity contribution in [3.05, 3.63) is 124 Å². The van der Waals surface area contributed by atoms with Crippen LogP contribution < -0.4 is 65.5 Å². The molecule has 454 valence electrons. The number of amides is 9. The van der Waals surface area contributed by atoms with Gasteiger partial charge >= 0.3 is 0 Å². The molecule has 4 aromatic carbocycles. The lowest BCUT2D eigenvalue weighted by atomic mass is 10.0. The third-order valence-electron chi connectivity index (χ3n) is 13.5. The number of hydrogen-bond donors (Lipinski definition) is 15. The average Bonchev–Trinajstić information content (AvgIpc) is 3.48. The van der Waals surface area contributed by atoms with Crippen LogP contribution in [0.1, 0.15) is 62.3 Å². The van der Waals surface area contributed by atoms with Gasteiger partial charge < -0.3 is 80.8 Å². The summed E-state index contributed by atoms with van der Waals surface area (Å²) in [6.07, 6.45) is -1.57. The van der Waals surface area contributed by atoms with Crippen LogP contribution in [-0.4, -0.2) is 147 Å². The summed E-state index contributed by atoms with van der Waals surface area (Å²) in [5.74, 6) is -8.64. The van der Waals surface area contributed by atoms with Gasteiger partial charge in [-0.05, 0) is 116 Å². The SMILES string of the molecule is CC(C)[C@H](N)C(=O)Nc1ccc(C[C@H]2NC(=O)[C@H](Cc3ccc(O)cc3)NC(=O)[C@H](NC(=O)[C@@H](N)Cc3ccc(Cl)cc3)CSSC[C@@H](C(=O)N[C@H](Cc3ccc(O)cc3)C(N)=O)NC(=O)[C@H]([C@@H](C)O)NC(=O)[C@H](CCCCN)NC2=O)cc1. The normalized spacial score (nSPS) is 20.9. The third kappa shape index (κ3) is 21.6. The van der Waals surface area contributed by atoms with Crippen LogP contribution in [-0.2, 0) is 68.8 Å². The first-order chi connectivity index (χ1) is 39.9. The smallest absolute Gasteiger partial charge is 0.245 e. The third-order valence-corrected chi connectivity index (χ3v) is 16.2. The van der Waals surface area contributed by atoms with E-state index in [1.54, 1.807) is 62.4 Å². The van der Waals surface area contributed by atoms with E-state index in [0.717, 1.165) is 21.6 Å². The van der Waals surface area contributed by atoms with Crippen molar-refractivity contribution in [1.29, 1.82) is 0 Å². The maximum absolute atomic E-state index is 14.9. The molecule has 10 atom stereocenters. The van der Waals surface area contributed by atoms with Crippen LogP contribution >= 0.6 is 33.2 Å². The quantitative estimate of drug-likeness (QED) is 0.0387. The van der Waals surface area contributed by atoms with Crippen molar-refractivity contribution in [2.75, 3.05) is 23.4 Å². The lowest BCUT2D eigenvalue weighted by Crippen LogP contribution is -2.62.